The highest BCUT2D eigenvalue weighted by Crippen LogP contribution is 2.43. The van der Waals surface area contributed by atoms with Crippen molar-refractivity contribution in [1.29, 1.82) is 0 Å². The molecule has 9 nitrogen and oxygen atoms in total. The number of ether oxygens (including phenoxy) is 1. The SMILES string of the molecule is CC1=C(C(=O)O)N2C(=O)[C@@H](N(C(=O)OCC(Cl)(Cl)Cl)C(=O)[C@H](N)c3ccccc3)[C@H]2SC1. The van der Waals surface area contributed by atoms with Gasteiger partial charge in [-0.3, -0.25) is 14.5 Å². The van der Waals surface area contributed by atoms with Crippen LogP contribution in [0.2, 0.25) is 0 Å². The molecule has 0 saturated carbocycles. The fourth-order valence-electron chi connectivity index (χ4n) is 3.37. The van der Waals surface area contributed by atoms with Crippen molar-refractivity contribution in [3.8, 4) is 0 Å². The number of hydrogen-bond acceptors (Lipinski definition) is 7. The van der Waals surface area contributed by atoms with Crippen LogP contribution < -0.4 is 5.73 Å². The first kappa shape index (κ1) is 24.7. The molecule has 3 N–H and O–H groups in total. The van der Waals surface area contributed by atoms with Crippen molar-refractivity contribution in [3.05, 3.63) is 47.2 Å². The van der Waals surface area contributed by atoms with Crippen molar-refractivity contribution in [2.24, 2.45) is 5.73 Å². The van der Waals surface area contributed by atoms with Gasteiger partial charge in [-0.05, 0) is 18.1 Å². The normalized spacial score (nSPS) is 21.4. The molecular weight excluding hydrogens is 505 g/mol. The van der Waals surface area contributed by atoms with Crippen LogP contribution in [0, 0.1) is 0 Å². The number of aliphatic carboxylic acids is 1. The summed E-state index contributed by atoms with van der Waals surface area (Å²) in [5, 5.41) is 8.69. The Hall–Kier alpha value is -1.98. The molecule has 0 spiro atoms. The second-order valence-corrected chi connectivity index (χ2v) is 10.7. The fourth-order valence-corrected chi connectivity index (χ4v) is 4.87. The number of β-lactam (4-membered cyclic amide) rings is 1. The Morgan fingerprint density at radius 2 is 1.94 bits per heavy atom. The number of carboxylic acid groups (broad SMARTS) is 1. The van der Waals surface area contributed by atoms with E-state index in [2.05, 4.69) is 0 Å². The molecule has 0 bridgehead atoms. The lowest BCUT2D eigenvalue weighted by atomic mass is 9.99. The molecule has 3 amide bonds. The van der Waals surface area contributed by atoms with Gasteiger partial charge in [-0.1, -0.05) is 65.1 Å². The minimum atomic E-state index is -1.95. The van der Waals surface area contributed by atoms with Gasteiger partial charge in [0, 0.05) is 5.75 Å². The van der Waals surface area contributed by atoms with Gasteiger partial charge in [0.1, 0.15) is 23.7 Å². The Labute approximate surface area is 202 Å². The number of alkyl halides is 3. The molecule has 1 aromatic rings. The summed E-state index contributed by atoms with van der Waals surface area (Å²) in [6.45, 7) is 0.916. The van der Waals surface area contributed by atoms with E-state index in [9.17, 15) is 24.3 Å². The van der Waals surface area contributed by atoms with E-state index in [1.165, 1.54) is 11.8 Å². The van der Waals surface area contributed by atoms with E-state index >= 15 is 0 Å². The first-order valence-corrected chi connectivity index (χ1v) is 11.4. The van der Waals surface area contributed by atoms with Crippen LogP contribution in [0.1, 0.15) is 18.5 Å². The monoisotopic (exact) mass is 521 g/mol. The van der Waals surface area contributed by atoms with Crippen LogP contribution in [0.4, 0.5) is 4.79 Å². The Morgan fingerprint density at radius 3 is 2.50 bits per heavy atom. The van der Waals surface area contributed by atoms with Gasteiger partial charge in [0.05, 0.1) is 0 Å². The van der Waals surface area contributed by atoms with Gasteiger partial charge < -0.3 is 15.6 Å². The second-order valence-electron chi connectivity index (χ2n) is 7.06. The highest BCUT2D eigenvalue weighted by Gasteiger charge is 2.59. The van der Waals surface area contributed by atoms with Crippen LogP contribution in [0.5, 0.6) is 0 Å². The molecule has 32 heavy (non-hydrogen) atoms. The predicted octanol–water partition coefficient (Wildman–Crippen LogP) is 2.66. The van der Waals surface area contributed by atoms with Gasteiger partial charge in [-0.25, -0.2) is 14.5 Å². The Balaban J connectivity index is 1.93. The van der Waals surface area contributed by atoms with Crippen molar-refractivity contribution in [3.63, 3.8) is 0 Å². The van der Waals surface area contributed by atoms with Gasteiger partial charge >= 0.3 is 12.1 Å². The quantitative estimate of drug-likeness (QED) is 0.446. The van der Waals surface area contributed by atoms with Crippen LogP contribution >= 0.6 is 46.6 Å². The number of benzene rings is 1. The van der Waals surface area contributed by atoms with Crippen molar-refractivity contribution < 1.29 is 29.0 Å². The van der Waals surface area contributed by atoms with Gasteiger partial charge in [0.2, 0.25) is 3.79 Å². The van der Waals surface area contributed by atoms with Crippen LogP contribution in [-0.4, -0.2) is 66.4 Å². The van der Waals surface area contributed by atoms with Crippen LogP contribution in [-0.2, 0) is 19.1 Å². The number of carboxylic acids is 1. The first-order chi connectivity index (χ1) is 14.9. The Morgan fingerprint density at radius 1 is 1.31 bits per heavy atom. The number of halogens is 3. The molecule has 1 fully saturated rings. The van der Waals surface area contributed by atoms with Crippen molar-refractivity contribution in [2.75, 3.05) is 12.4 Å². The number of hydrogen-bond donors (Lipinski definition) is 2. The molecule has 1 saturated heterocycles. The zero-order valence-corrected chi connectivity index (χ0v) is 19.6. The summed E-state index contributed by atoms with van der Waals surface area (Å²) >= 11 is 18.1. The standard InChI is InChI=1S/C19H18Cl3N3O6S/c1-9-7-32-16-13(15(27)24(16)12(9)17(28)29)25(18(30)31-8-19(20,21)22)14(26)11(23)10-5-3-2-4-6-10/h2-6,11,13,16H,7-8,23H2,1H3,(H,28,29)/t11-,13-,16-/m1/s1. The molecule has 0 aromatic heterocycles. The summed E-state index contributed by atoms with van der Waals surface area (Å²) in [5.74, 6) is -2.65. The molecule has 172 valence electrons. The average Bonchev–Trinajstić information content (AvgIpc) is 2.74. The van der Waals surface area contributed by atoms with E-state index in [0.717, 1.165) is 4.90 Å². The van der Waals surface area contributed by atoms with E-state index in [1.54, 1.807) is 37.3 Å². The lowest BCUT2D eigenvalue weighted by Gasteiger charge is -2.51. The highest BCUT2D eigenvalue weighted by atomic mass is 35.6. The average molecular weight is 523 g/mol. The summed E-state index contributed by atoms with van der Waals surface area (Å²) in [5.41, 5.74) is 6.79. The van der Waals surface area contributed by atoms with E-state index < -0.39 is 51.7 Å². The van der Waals surface area contributed by atoms with Gasteiger partial charge in [0.25, 0.3) is 11.8 Å². The maximum Gasteiger partial charge on any atom is 0.417 e. The molecule has 0 unspecified atom stereocenters. The number of nitrogens with two attached hydrogens (primary N) is 1. The molecule has 2 aliphatic heterocycles. The zero-order valence-electron chi connectivity index (χ0n) is 16.5. The molecule has 0 aliphatic carbocycles. The molecular formula is C19H18Cl3N3O6S. The number of rotatable bonds is 5. The van der Waals surface area contributed by atoms with Crippen molar-refractivity contribution in [2.45, 2.75) is 28.2 Å². The summed E-state index contributed by atoms with van der Waals surface area (Å²) < 4.78 is 3.02. The topological polar surface area (TPSA) is 130 Å². The molecule has 1 aromatic carbocycles. The Kier molecular flexibility index (Phi) is 7.31. The zero-order chi connectivity index (χ0) is 23.8. The summed E-state index contributed by atoms with van der Waals surface area (Å²) in [6.07, 6.45) is -1.23. The lowest BCUT2D eigenvalue weighted by molar-refractivity contribution is -0.158. The molecule has 2 heterocycles. The number of carbonyl (C=O) groups is 4. The van der Waals surface area contributed by atoms with Crippen molar-refractivity contribution in [1.82, 2.24) is 9.80 Å². The molecule has 0 radical (unpaired) electrons. The van der Waals surface area contributed by atoms with Gasteiger partial charge in [-0.2, -0.15) is 0 Å². The van der Waals surface area contributed by atoms with E-state index in [0.29, 0.717) is 21.8 Å². The number of imide groups is 1. The van der Waals surface area contributed by atoms with Gasteiger partial charge in [-0.15, -0.1) is 11.8 Å². The number of fused-ring (bicyclic) bond motifs is 1. The largest absolute Gasteiger partial charge is 0.477 e. The third-order valence-electron chi connectivity index (χ3n) is 4.83. The second kappa shape index (κ2) is 9.48. The Bertz CT molecular complexity index is 984. The number of carbonyl (C=O) groups excluding carboxylic acids is 3. The number of thioether (sulfide) groups is 1. The van der Waals surface area contributed by atoms with Crippen molar-refractivity contribution >= 4 is 70.4 Å². The molecule has 13 heteroatoms. The fraction of sp³-hybridized carbons (Fsp3) is 0.368. The third kappa shape index (κ3) is 4.84. The highest BCUT2D eigenvalue weighted by molar-refractivity contribution is 8.00. The van der Waals surface area contributed by atoms with Crippen LogP contribution in [0.3, 0.4) is 0 Å². The van der Waals surface area contributed by atoms with Crippen LogP contribution in [0.15, 0.2) is 41.6 Å². The smallest absolute Gasteiger partial charge is 0.417 e. The first-order valence-electron chi connectivity index (χ1n) is 9.19. The lowest BCUT2D eigenvalue weighted by Crippen LogP contribution is -2.72. The van der Waals surface area contributed by atoms with Crippen LogP contribution in [0.25, 0.3) is 0 Å². The van der Waals surface area contributed by atoms with Gasteiger partial charge in [0.15, 0.2) is 6.04 Å². The summed E-state index contributed by atoms with van der Waals surface area (Å²) in [4.78, 5) is 52.3. The van der Waals surface area contributed by atoms with E-state index in [4.69, 9.17) is 45.3 Å². The third-order valence-corrected chi connectivity index (χ3v) is 6.57. The minimum absolute atomic E-state index is 0.176. The maximum atomic E-state index is 13.2. The number of nitrogens with zero attached hydrogens (tertiary/aromatic N) is 2. The summed E-state index contributed by atoms with van der Waals surface area (Å²) in [6, 6.07) is 5.61. The predicted molar refractivity (Wildman–Crippen MR) is 119 cm³/mol. The van der Waals surface area contributed by atoms with E-state index in [1.807, 2.05) is 0 Å². The maximum absolute atomic E-state index is 13.2. The molecule has 2 aliphatic rings. The minimum Gasteiger partial charge on any atom is -0.477 e. The molecule has 3 rings (SSSR count). The summed E-state index contributed by atoms with van der Waals surface area (Å²) in [7, 11) is 0. The number of amides is 3. The van der Waals surface area contributed by atoms with E-state index in [-0.39, 0.29) is 5.70 Å². The molecule has 3 atom stereocenters.